The first kappa shape index (κ1) is 14.6. The zero-order valence-electron chi connectivity index (χ0n) is 12.3. The van der Waals surface area contributed by atoms with E-state index in [-0.39, 0.29) is 5.88 Å². The maximum atomic E-state index is 6.17. The Morgan fingerprint density at radius 3 is 2.83 bits per heavy atom. The van der Waals surface area contributed by atoms with Crippen LogP contribution in [0.5, 0.6) is 11.6 Å². The highest BCUT2D eigenvalue weighted by Gasteiger charge is 2.14. The van der Waals surface area contributed by atoms with Crippen LogP contribution in [0.4, 0.5) is 5.69 Å². The van der Waals surface area contributed by atoms with Crippen LogP contribution < -0.4 is 10.5 Å². The molecule has 0 aliphatic heterocycles. The molecule has 4 aromatic rings. The first-order chi connectivity index (χ1) is 11.7. The minimum Gasteiger partial charge on any atom is -0.435 e. The number of hydrogen-bond donors (Lipinski definition) is 1. The summed E-state index contributed by atoms with van der Waals surface area (Å²) in [7, 11) is 0. The molecule has 24 heavy (non-hydrogen) atoms. The molecule has 4 rings (SSSR count). The SMILES string of the molecule is Nc1c(Oc2ccc(Br)c3cccnc23)ncnc1-n1ccnc1. The number of pyridine rings is 1. The van der Waals surface area contributed by atoms with Gasteiger partial charge in [-0.15, -0.1) is 0 Å². The van der Waals surface area contributed by atoms with Crippen LogP contribution in [0.3, 0.4) is 0 Å². The Balaban J connectivity index is 1.80. The highest BCUT2D eigenvalue weighted by molar-refractivity contribution is 9.10. The number of anilines is 1. The average Bonchev–Trinajstić information content (AvgIpc) is 3.14. The predicted octanol–water partition coefficient (Wildman–Crippen LogP) is 3.35. The van der Waals surface area contributed by atoms with E-state index in [4.69, 9.17) is 10.5 Å². The van der Waals surface area contributed by atoms with E-state index in [9.17, 15) is 0 Å². The number of imidazole rings is 1. The lowest BCUT2D eigenvalue weighted by molar-refractivity contribution is 0.468. The van der Waals surface area contributed by atoms with Crippen molar-refractivity contribution in [3.05, 3.63) is 60.0 Å². The number of aromatic nitrogens is 5. The Morgan fingerprint density at radius 2 is 2.00 bits per heavy atom. The Kier molecular flexibility index (Phi) is 3.58. The van der Waals surface area contributed by atoms with E-state index in [1.165, 1.54) is 6.33 Å². The zero-order valence-corrected chi connectivity index (χ0v) is 13.9. The Morgan fingerprint density at radius 1 is 1.08 bits per heavy atom. The quantitative estimate of drug-likeness (QED) is 0.583. The van der Waals surface area contributed by atoms with Gasteiger partial charge in [0.2, 0.25) is 5.88 Å². The largest absolute Gasteiger partial charge is 0.435 e. The summed E-state index contributed by atoms with van der Waals surface area (Å²) in [4.78, 5) is 16.7. The van der Waals surface area contributed by atoms with Crippen LogP contribution in [0.25, 0.3) is 16.7 Å². The Labute approximate surface area is 145 Å². The molecule has 0 radical (unpaired) electrons. The van der Waals surface area contributed by atoms with Crippen LogP contribution in [0.1, 0.15) is 0 Å². The van der Waals surface area contributed by atoms with Gasteiger partial charge in [0.15, 0.2) is 11.6 Å². The number of halogens is 1. The van der Waals surface area contributed by atoms with Gasteiger partial charge in [0, 0.05) is 28.4 Å². The van der Waals surface area contributed by atoms with Crippen molar-refractivity contribution in [3.8, 4) is 17.4 Å². The first-order valence-corrected chi connectivity index (χ1v) is 7.83. The summed E-state index contributed by atoms with van der Waals surface area (Å²) < 4.78 is 8.56. The Bertz CT molecular complexity index is 1020. The van der Waals surface area contributed by atoms with Gasteiger partial charge in [-0.2, -0.15) is 4.98 Å². The molecular formula is C16H11BrN6O. The number of benzene rings is 1. The molecule has 0 aliphatic rings. The summed E-state index contributed by atoms with van der Waals surface area (Å²) in [6.45, 7) is 0. The topological polar surface area (TPSA) is 91.7 Å². The third kappa shape index (κ3) is 2.46. The first-order valence-electron chi connectivity index (χ1n) is 7.04. The van der Waals surface area contributed by atoms with E-state index in [2.05, 4.69) is 35.9 Å². The molecule has 1 aromatic carbocycles. The maximum absolute atomic E-state index is 6.17. The lowest BCUT2D eigenvalue weighted by Gasteiger charge is -2.12. The number of nitrogens with zero attached hydrogens (tertiary/aromatic N) is 5. The van der Waals surface area contributed by atoms with E-state index in [0.717, 1.165) is 9.86 Å². The smallest absolute Gasteiger partial charge is 0.248 e. The minimum absolute atomic E-state index is 0.267. The van der Waals surface area contributed by atoms with E-state index in [0.29, 0.717) is 22.8 Å². The summed E-state index contributed by atoms with van der Waals surface area (Å²) in [6, 6.07) is 7.54. The molecule has 0 aliphatic carbocycles. The molecule has 118 valence electrons. The fourth-order valence-electron chi connectivity index (χ4n) is 2.34. The van der Waals surface area contributed by atoms with Crippen molar-refractivity contribution in [2.45, 2.75) is 0 Å². The third-order valence-electron chi connectivity index (χ3n) is 3.46. The average molecular weight is 383 g/mol. The van der Waals surface area contributed by atoms with Crippen molar-refractivity contribution in [2.75, 3.05) is 5.73 Å². The molecule has 2 N–H and O–H groups in total. The molecule has 0 bridgehead atoms. The van der Waals surface area contributed by atoms with Crippen molar-refractivity contribution in [1.82, 2.24) is 24.5 Å². The summed E-state index contributed by atoms with van der Waals surface area (Å²) in [5.74, 6) is 1.34. The van der Waals surface area contributed by atoms with Crippen LogP contribution in [0.15, 0.2) is 60.0 Å². The third-order valence-corrected chi connectivity index (χ3v) is 4.15. The fraction of sp³-hybridized carbons (Fsp3) is 0. The van der Waals surface area contributed by atoms with Crippen LogP contribution in [-0.4, -0.2) is 24.5 Å². The molecule has 8 heteroatoms. The van der Waals surface area contributed by atoms with E-state index >= 15 is 0 Å². The number of ether oxygens (including phenoxy) is 1. The summed E-state index contributed by atoms with van der Waals surface area (Å²) in [5.41, 5.74) is 7.21. The second kappa shape index (κ2) is 5.89. The highest BCUT2D eigenvalue weighted by atomic mass is 79.9. The van der Waals surface area contributed by atoms with E-state index in [1.807, 2.05) is 24.3 Å². The van der Waals surface area contributed by atoms with Gasteiger partial charge in [0.1, 0.15) is 23.9 Å². The second-order valence-corrected chi connectivity index (χ2v) is 5.79. The lowest BCUT2D eigenvalue weighted by Crippen LogP contribution is -2.04. The van der Waals surface area contributed by atoms with Crippen molar-refractivity contribution in [1.29, 1.82) is 0 Å². The van der Waals surface area contributed by atoms with Gasteiger partial charge in [-0.05, 0) is 18.2 Å². The molecule has 0 amide bonds. The molecule has 7 nitrogen and oxygen atoms in total. The molecule has 0 saturated carbocycles. The van der Waals surface area contributed by atoms with Gasteiger partial charge in [0.05, 0.1) is 0 Å². The van der Waals surface area contributed by atoms with Crippen molar-refractivity contribution in [2.24, 2.45) is 0 Å². The van der Waals surface area contributed by atoms with Gasteiger partial charge in [-0.25, -0.2) is 9.97 Å². The molecule has 3 aromatic heterocycles. The van der Waals surface area contributed by atoms with E-state index < -0.39 is 0 Å². The second-order valence-electron chi connectivity index (χ2n) is 4.93. The van der Waals surface area contributed by atoms with Crippen molar-refractivity contribution >= 4 is 32.5 Å². The summed E-state index contributed by atoms with van der Waals surface area (Å²) in [5, 5.41) is 0.942. The van der Waals surface area contributed by atoms with Crippen molar-refractivity contribution in [3.63, 3.8) is 0 Å². The molecule has 0 atom stereocenters. The van der Waals surface area contributed by atoms with Gasteiger partial charge < -0.3 is 10.5 Å². The van der Waals surface area contributed by atoms with Gasteiger partial charge in [-0.1, -0.05) is 22.0 Å². The highest BCUT2D eigenvalue weighted by Crippen LogP contribution is 2.34. The normalized spacial score (nSPS) is 10.9. The molecule has 0 spiro atoms. The zero-order chi connectivity index (χ0) is 16.5. The number of rotatable bonds is 3. The predicted molar refractivity (Wildman–Crippen MR) is 93.1 cm³/mol. The number of nitrogen functional groups attached to an aromatic ring is 1. The molecule has 0 saturated heterocycles. The number of fused-ring (bicyclic) bond motifs is 1. The van der Waals surface area contributed by atoms with Crippen molar-refractivity contribution < 1.29 is 4.74 Å². The fourth-order valence-corrected chi connectivity index (χ4v) is 2.79. The number of hydrogen-bond acceptors (Lipinski definition) is 6. The van der Waals surface area contributed by atoms with Crippen LogP contribution in [-0.2, 0) is 0 Å². The number of nitrogens with two attached hydrogens (primary N) is 1. The van der Waals surface area contributed by atoms with Crippen LogP contribution in [0, 0.1) is 0 Å². The lowest BCUT2D eigenvalue weighted by atomic mass is 10.2. The standard InChI is InChI=1S/C16H11BrN6O/c17-11-3-4-12(14-10(11)2-1-5-20-14)24-16-13(18)15(21-8-22-16)23-7-6-19-9-23/h1-9H,18H2. The molecular weight excluding hydrogens is 372 g/mol. The molecule has 3 heterocycles. The Hall–Kier alpha value is -3.00. The molecule has 0 unspecified atom stereocenters. The monoisotopic (exact) mass is 382 g/mol. The van der Waals surface area contributed by atoms with Gasteiger partial charge >= 0.3 is 0 Å². The van der Waals surface area contributed by atoms with Gasteiger partial charge in [0.25, 0.3) is 0 Å². The van der Waals surface area contributed by atoms with Crippen LogP contribution >= 0.6 is 15.9 Å². The minimum atomic E-state index is 0.267. The summed E-state index contributed by atoms with van der Waals surface area (Å²) in [6.07, 6.45) is 8.11. The van der Waals surface area contributed by atoms with Gasteiger partial charge in [-0.3, -0.25) is 9.55 Å². The molecule has 0 fully saturated rings. The van der Waals surface area contributed by atoms with E-state index in [1.54, 1.807) is 29.5 Å². The van der Waals surface area contributed by atoms with Crippen LogP contribution in [0.2, 0.25) is 0 Å². The maximum Gasteiger partial charge on any atom is 0.248 e. The summed E-state index contributed by atoms with van der Waals surface area (Å²) >= 11 is 3.51.